The molecular weight excluding hydrogens is 441 g/mol. The number of halogens is 2. The molecular formula is C18H19ClFN3O6S. The van der Waals surface area contributed by atoms with E-state index < -0.39 is 36.6 Å². The maximum absolute atomic E-state index is 14.7. The van der Waals surface area contributed by atoms with Crippen LogP contribution in [0.25, 0.3) is 0 Å². The molecule has 0 bridgehead atoms. The minimum atomic E-state index is -0.754. The highest BCUT2D eigenvalue weighted by molar-refractivity contribution is 7.17. The van der Waals surface area contributed by atoms with E-state index in [4.69, 9.17) is 26.2 Å². The molecule has 9 nitrogen and oxygen atoms in total. The number of carbonyl (C=O) groups excluding carboxylic acids is 3. The molecule has 1 aromatic rings. The van der Waals surface area contributed by atoms with Crippen LogP contribution in [0.1, 0.15) is 16.1 Å². The Kier molecular flexibility index (Phi) is 7.08. The smallest absolute Gasteiger partial charge is 0.414 e. The van der Waals surface area contributed by atoms with E-state index in [1.807, 2.05) is 0 Å². The molecule has 0 aromatic carbocycles. The first-order chi connectivity index (χ1) is 14.3. The summed E-state index contributed by atoms with van der Waals surface area (Å²) in [4.78, 5) is 37.3. The topological polar surface area (TPSA) is 117 Å². The molecule has 0 saturated carbocycles. The van der Waals surface area contributed by atoms with Crippen LogP contribution in [0.4, 0.5) is 9.18 Å². The molecule has 0 radical (unpaired) electrons. The Balaban J connectivity index is 1.65. The Hall–Kier alpha value is -2.47. The number of thiophene rings is 1. The van der Waals surface area contributed by atoms with E-state index >= 15 is 0 Å². The third kappa shape index (κ3) is 4.98. The number of ether oxygens (including phenoxy) is 2. The van der Waals surface area contributed by atoms with E-state index in [1.165, 1.54) is 7.11 Å². The predicted molar refractivity (Wildman–Crippen MR) is 105 cm³/mol. The Morgan fingerprint density at radius 3 is 2.87 bits per heavy atom. The van der Waals surface area contributed by atoms with Crippen LogP contribution in [0.5, 0.6) is 0 Å². The number of nitrogens with one attached hydrogen (secondary N) is 2. The molecule has 12 heteroatoms. The first-order valence-electron chi connectivity index (χ1n) is 8.87. The van der Waals surface area contributed by atoms with Gasteiger partial charge >= 0.3 is 6.09 Å². The maximum atomic E-state index is 14.7. The van der Waals surface area contributed by atoms with Crippen molar-refractivity contribution in [2.24, 2.45) is 0 Å². The number of carbonyl (C=O) groups is 3. The summed E-state index contributed by atoms with van der Waals surface area (Å²) in [6.45, 7) is -0.669. The van der Waals surface area contributed by atoms with Gasteiger partial charge in [-0.3, -0.25) is 14.5 Å². The van der Waals surface area contributed by atoms with Gasteiger partial charge in [-0.1, -0.05) is 11.6 Å². The van der Waals surface area contributed by atoms with Crippen LogP contribution in [0.2, 0.25) is 4.34 Å². The van der Waals surface area contributed by atoms with Crippen molar-refractivity contribution in [3.05, 3.63) is 44.6 Å². The lowest BCUT2D eigenvalue weighted by atomic mass is 10.0. The SMILES string of the molecule is COC1CC(N2CC(CNC(=O)c3ccc(Cl)s3)OC2=O)=C(F)C=C1NC(=O)CO. The second kappa shape index (κ2) is 9.56. The Morgan fingerprint density at radius 1 is 1.47 bits per heavy atom. The second-order valence-corrected chi connectivity index (χ2v) is 8.17. The number of nitrogens with zero attached hydrogens (tertiary/aromatic N) is 1. The molecule has 2 atom stereocenters. The van der Waals surface area contributed by atoms with E-state index in [1.54, 1.807) is 12.1 Å². The van der Waals surface area contributed by atoms with Crippen molar-refractivity contribution in [3.8, 4) is 0 Å². The van der Waals surface area contributed by atoms with E-state index in [0.29, 0.717) is 9.21 Å². The normalized spacial score (nSPS) is 21.4. The molecule has 162 valence electrons. The molecule has 3 rings (SSSR count). The molecule has 1 aliphatic heterocycles. The van der Waals surface area contributed by atoms with Gasteiger partial charge in [-0.05, 0) is 18.2 Å². The highest BCUT2D eigenvalue weighted by Crippen LogP contribution is 2.31. The van der Waals surface area contributed by atoms with Gasteiger partial charge in [0.2, 0.25) is 5.91 Å². The second-order valence-electron chi connectivity index (χ2n) is 6.46. The summed E-state index contributed by atoms with van der Waals surface area (Å²) in [5, 5.41) is 13.9. The number of allylic oxidation sites excluding steroid dienone is 2. The van der Waals surface area contributed by atoms with Gasteiger partial charge in [0.05, 0.1) is 33.7 Å². The molecule has 2 unspecified atom stereocenters. The summed E-state index contributed by atoms with van der Waals surface area (Å²) < 4.78 is 25.6. The monoisotopic (exact) mass is 459 g/mol. The van der Waals surface area contributed by atoms with Gasteiger partial charge in [-0.15, -0.1) is 11.3 Å². The van der Waals surface area contributed by atoms with Crippen LogP contribution >= 0.6 is 22.9 Å². The van der Waals surface area contributed by atoms with Crippen LogP contribution in [0.15, 0.2) is 35.4 Å². The number of amides is 3. The van der Waals surface area contributed by atoms with Crippen molar-refractivity contribution in [2.75, 3.05) is 26.8 Å². The van der Waals surface area contributed by atoms with Crippen LogP contribution in [0.3, 0.4) is 0 Å². The number of rotatable bonds is 7. The number of methoxy groups -OCH3 is 1. The van der Waals surface area contributed by atoms with E-state index in [9.17, 15) is 18.8 Å². The van der Waals surface area contributed by atoms with Gasteiger partial charge in [0.1, 0.15) is 24.6 Å². The van der Waals surface area contributed by atoms with Gasteiger partial charge < -0.3 is 25.2 Å². The summed E-state index contributed by atoms with van der Waals surface area (Å²) in [6.07, 6.45) is -1.11. The summed E-state index contributed by atoms with van der Waals surface area (Å²) in [5.74, 6) is -1.79. The minimum absolute atomic E-state index is 0.0260. The number of aliphatic hydroxyl groups is 1. The lowest BCUT2D eigenvalue weighted by Crippen LogP contribution is -2.38. The molecule has 30 heavy (non-hydrogen) atoms. The van der Waals surface area contributed by atoms with Gasteiger partial charge in [0, 0.05) is 13.5 Å². The van der Waals surface area contributed by atoms with E-state index in [0.717, 1.165) is 22.3 Å². The van der Waals surface area contributed by atoms with Crippen LogP contribution in [-0.4, -0.2) is 66.9 Å². The zero-order valence-corrected chi connectivity index (χ0v) is 17.4. The van der Waals surface area contributed by atoms with E-state index in [2.05, 4.69) is 10.6 Å². The fraction of sp³-hybridized carbons (Fsp3) is 0.389. The molecule has 2 aliphatic rings. The lowest BCUT2D eigenvalue weighted by molar-refractivity contribution is -0.123. The zero-order chi connectivity index (χ0) is 21.8. The van der Waals surface area contributed by atoms with Crippen molar-refractivity contribution >= 4 is 40.8 Å². The molecule has 3 N–H and O–H groups in total. The van der Waals surface area contributed by atoms with Crippen molar-refractivity contribution < 1.29 is 33.4 Å². The van der Waals surface area contributed by atoms with Gasteiger partial charge in [-0.2, -0.15) is 0 Å². The first-order valence-corrected chi connectivity index (χ1v) is 10.1. The van der Waals surface area contributed by atoms with Gasteiger partial charge in [-0.25, -0.2) is 9.18 Å². The number of aliphatic hydroxyl groups excluding tert-OH is 1. The zero-order valence-electron chi connectivity index (χ0n) is 15.8. The van der Waals surface area contributed by atoms with Crippen LogP contribution < -0.4 is 10.6 Å². The average Bonchev–Trinajstić information content (AvgIpc) is 3.31. The van der Waals surface area contributed by atoms with Crippen LogP contribution in [-0.2, 0) is 14.3 Å². The summed E-state index contributed by atoms with van der Waals surface area (Å²) >= 11 is 6.93. The standard InChI is InChI=1S/C18H19ClFN3O6S/c1-28-13-5-12(10(20)4-11(13)22-16(25)8-24)23-7-9(29-18(23)27)6-21-17(26)14-2-3-15(19)30-14/h2-4,9,13,24H,5-8H2,1H3,(H,21,26)(H,22,25). The molecule has 2 heterocycles. The minimum Gasteiger partial charge on any atom is -0.442 e. The quantitative estimate of drug-likeness (QED) is 0.569. The molecule has 1 saturated heterocycles. The molecule has 1 aliphatic carbocycles. The number of cyclic esters (lactones) is 1. The van der Waals surface area contributed by atoms with Crippen molar-refractivity contribution in [1.82, 2.24) is 15.5 Å². The highest BCUT2D eigenvalue weighted by atomic mass is 35.5. The number of hydrogen-bond acceptors (Lipinski definition) is 7. The van der Waals surface area contributed by atoms with E-state index in [-0.39, 0.29) is 36.8 Å². The summed E-state index contributed by atoms with van der Waals surface area (Å²) in [7, 11) is 1.38. The third-order valence-corrected chi connectivity index (χ3v) is 5.71. The fourth-order valence-electron chi connectivity index (χ4n) is 3.04. The average molecular weight is 460 g/mol. The molecule has 3 amide bonds. The fourth-order valence-corrected chi connectivity index (χ4v) is 4.00. The van der Waals surface area contributed by atoms with Crippen molar-refractivity contribution in [3.63, 3.8) is 0 Å². The predicted octanol–water partition coefficient (Wildman–Crippen LogP) is 1.54. The molecule has 0 spiro atoms. The largest absolute Gasteiger partial charge is 0.442 e. The summed E-state index contributed by atoms with van der Waals surface area (Å²) in [5.41, 5.74) is 0.191. The lowest BCUT2D eigenvalue weighted by Gasteiger charge is -2.28. The Morgan fingerprint density at radius 2 is 2.23 bits per heavy atom. The number of hydrogen-bond donors (Lipinski definition) is 3. The molecule has 1 aromatic heterocycles. The molecule has 1 fully saturated rings. The van der Waals surface area contributed by atoms with Crippen molar-refractivity contribution in [2.45, 2.75) is 18.6 Å². The Bertz CT molecular complexity index is 917. The van der Waals surface area contributed by atoms with Gasteiger partial charge in [0.25, 0.3) is 5.91 Å². The van der Waals surface area contributed by atoms with Gasteiger partial charge in [0.15, 0.2) is 0 Å². The first kappa shape index (κ1) is 22.2. The third-order valence-electron chi connectivity index (χ3n) is 4.48. The van der Waals surface area contributed by atoms with Crippen molar-refractivity contribution in [1.29, 1.82) is 0 Å². The maximum Gasteiger partial charge on any atom is 0.414 e. The highest BCUT2D eigenvalue weighted by Gasteiger charge is 2.38. The Labute approximate surface area is 180 Å². The summed E-state index contributed by atoms with van der Waals surface area (Å²) in [6, 6.07) is 3.19. The van der Waals surface area contributed by atoms with Crippen LogP contribution in [0, 0.1) is 0 Å².